The largest absolute Gasteiger partial charge is 0.229 e. The predicted molar refractivity (Wildman–Crippen MR) is 66.9 cm³/mol. The molecule has 0 unspecified atom stereocenters. The number of rotatable bonds is 10. The Hall–Kier alpha value is -0.560. The van der Waals surface area contributed by atoms with Crippen molar-refractivity contribution in [2.75, 3.05) is 11.5 Å². The van der Waals surface area contributed by atoms with Crippen molar-refractivity contribution in [3.05, 3.63) is 0 Å². The highest BCUT2D eigenvalue weighted by Gasteiger charge is 2.09. The van der Waals surface area contributed by atoms with Crippen LogP contribution in [0, 0.1) is 11.3 Å². The van der Waals surface area contributed by atoms with Crippen molar-refractivity contribution < 1.29 is 8.42 Å². The Morgan fingerprint density at radius 1 is 0.938 bits per heavy atom. The zero-order chi connectivity index (χ0) is 12.3. The lowest BCUT2D eigenvalue weighted by Crippen LogP contribution is -2.10. The van der Waals surface area contributed by atoms with Gasteiger partial charge in [0.15, 0.2) is 9.84 Å². The molecule has 0 amide bonds. The summed E-state index contributed by atoms with van der Waals surface area (Å²) in [7, 11) is -2.96. The molecule has 94 valence electrons. The molecule has 0 aromatic rings. The molecule has 0 radical (unpaired) electrons. The van der Waals surface area contributed by atoms with Crippen molar-refractivity contribution in [1.29, 1.82) is 5.26 Å². The summed E-state index contributed by atoms with van der Waals surface area (Å²) >= 11 is 0. The van der Waals surface area contributed by atoms with Crippen LogP contribution in [0.3, 0.4) is 0 Å². The molecular formula is C12H23NO2S. The van der Waals surface area contributed by atoms with Gasteiger partial charge in [-0.3, -0.25) is 0 Å². The average molecular weight is 245 g/mol. The van der Waals surface area contributed by atoms with E-state index in [1.807, 2.05) is 6.07 Å². The van der Waals surface area contributed by atoms with Crippen molar-refractivity contribution in [2.45, 2.75) is 58.3 Å². The minimum atomic E-state index is -2.96. The predicted octanol–water partition coefficient (Wildman–Crippen LogP) is 3.07. The summed E-state index contributed by atoms with van der Waals surface area (Å²) in [6.07, 6.45) is 7.99. The van der Waals surface area contributed by atoms with Crippen molar-refractivity contribution in [1.82, 2.24) is 0 Å². The molecule has 0 aromatic carbocycles. The number of sulfone groups is 1. The Morgan fingerprint density at radius 3 is 2.06 bits per heavy atom. The molecule has 3 nitrogen and oxygen atoms in total. The number of hydrogen-bond acceptors (Lipinski definition) is 3. The molecule has 0 saturated heterocycles. The second-order valence-corrected chi connectivity index (χ2v) is 6.48. The summed E-state index contributed by atoms with van der Waals surface area (Å²) in [5.41, 5.74) is 0. The lowest BCUT2D eigenvalue weighted by molar-refractivity contribution is 0.579. The van der Waals surface area contributed by atoms with Crippen LogP contribution in [0.5, 0.6) is 0 Å². The van der Waals surface area contributed by atoms with E-state index in [1.54, 1.807) is 0 Å². The van der Waals surface area contributed by atoms with Crippen molar-refractivity contribution in [3.63, 3.8) is 0 Å². The second kappa shape index (κ2) is 9.65. The minimum absolute atomic E-state index is 0.0271. The lowest BCUT2D eigenvalue weighted by Gasteiger charge is -2.02. The molecule has 0 aliphatic heterocycles. The molecule has 16 heavy (non-hydrogen) atoms. The first-order chi connectivity index (χ1) is 7.62. The molecule has 0 spiro atoms. The van der Waals surface area contributed by atoms with Gasteiger partial charge in [0.2, 0.25) is 0 Å². The smallest absolute Gasteiger partial charge is 0.151 e. The number of unbranched alkanes of at least 4 members (excludes halogenated alkanes) is 6. The van der Waals surface area contributed by atoms with E-state index in [-0.39, 0.29) is 17.9 Å². The summed E-state index contributed by atoms with van der Waals surface area (Å²) < 4.78 is 22.7. The molecule has 0 N–H and O–H groups in total. The van der Waals surface area contributed by atoms with Gasteiger partial charge in [-0.1, -0.05) is 45.4 Å². The zero-order valence-corrected chi connectivity index (χ0v) is 11.1. The van der Waals surface area contributed by atoms with Crippen LogP contribution in [-0.2, 0) is 9.84 Å². The second-order valence-electron chi connectivity index (χ2n) is 4.18. The maximum atomic E-state index is 11.4. The van der Waals surface area contributed by atoms with Crippen LogP contribution in [0.1, 0.15) is 58.3 Å². The Balaban J connectivity index is 3.41. The van der Waals surface area contributed by atoms with Crippen molar-refractivity contribution in [2.24, 2.45) is 0 Å². The topological polar surface area (TPSA) is 57.9 Å². The molecule has 0 aromatic heterocycles. The molecule has 0 bridgehead atoms. The molecule has 0 aliphatic carbocycles. The van der Waals surface area contributed by atoms with Gasteiger partial charge in [-0.25, -0.2) is 8.42 Å². The molecule has 0 heterocycles. The van der Waals surface area contributed by atoms with Crippen LogP contribution in [-0.4, -0.2) is 19.9 Å². The lowest BCUT2D eigenvalue weighted by atomic mass is 10.1. The fourth-order valence-electron chi connectivity index (χ4n) is 1.58. The molecule has 0 fully saturated rings. The van der Waals surface area contributed by atoms with E-state index < -0.39 is 9.84 Å². The van der Waals surface area contributed by atoms with E-state index in [1.165, 1.54) is 25.7 Å². The Bertz CT molecular complexity index is 291. The van der Waals surface area contributed by atoms with Crippen molar-refractivity contribution in [3.8, 4) is 6.07 Å². The third-order valence-corrected chi connectivity index (χ3v) is 4.32. The van der Waals surface area contributed by atoms with E-state index in [0.29, 0.717) is 0 Å². The number of nitrogens with zero attached hydrogens (tertiary/aromatic N) is 1. The van der Waals surface area contributed by atoms with Crippen LogP contribution in [0.15, 0.2) is 0 Å². The standard InChI is InChI=1S/C12H23NO2S/c1-2-3-4-5-6-7-8-11-16(14,15)12-9-10-13/h2-9,11-12H2,1H3. The number of hydrogen-bond donors (Lipinski definition) is 0. The molecule has 0 aliphatic rings. The first-order valence-corrected chi connectivity index (χ1v) is 8.02. The fraction of sp³-hybridized carbons (Fsp3) is 0.917. The van der Waals surface area contributed by atoms with Gasteiger partial charge in [0.05, 0.1) is 17.6 Å². The molecule has 0 rings (SSSR count). The first kappa shape index (κ1) is 15.4. The Kier molecular flexibility index (Phi) is 9.31. The summed E-state index contributed by atoms with van der Waals surface area (Å²) in [6.45, 7) is 2.18. The highest BCUT2D eigenvalue weighted by atomic mass is 32.2. The number of nitriles is 1. The zero-order valence-electron chi connectivity index (χ0n) is 10.2. The maximum absolute atomic E-state index is 11.4. The van der Waals surface area contributed by atoms with E-state index in [9.17, 15) is 8.42 Å². The average Bonchev–Trinajstić information content (AvgIpc) is 2.25. The third kappa shape index (κ3) is 9.97. The quantitative estimate of drug-likeness (QED) is 0.556. The molecular weight excluding hydrogens is 222 g/mol. The van der Waals surface area contributed by atoms with Gasteiger partial charge in [0, 0.05) is 6.42 Å². The van der Waals surface area contributed by atoms with E-state index in [0.717, 1.165) is 19.3 Å². The molecule has 4 heteroatoms. The first-order valence-electron chi connectivity index (χ1n) is 6.19. The van der Waals surface area contributed by atoms with Gasteiger partial charge in [-0.2, -0.15) is 5.26 Å². The van der Waals surface area contributed by atoms with Gasteiger partial charge < -0.3 is 0 Å². The van der Waals surface area contributed by atoms with E-state index >= 15 is 0 Å². The SMILES string of the molecule is CCCCCCCCCS(=O)(=O)CCC#N. The van der Waals surface area contributed by atoms with Gasteiger partial charge in [-0.15, -0.1) is 0 Å². The summed E-state index contributed by atoms with van der Waals surface area (Å²) in [6, 6.07) is 1.87. The van der Waals surface area contributed by atoms with Gasteiger partial charge in [0.25, 0.3) is 0 Å². The minimum Gasteiger partial charge on any atom is -0.229 e. The highest BCUT2D eigenvalue weighted by Crippen LogP contribution is 2.08. The normalized spacial score (nSPS) is 11.2. The maximum Gasteiger partial charge on any atom is 0.151 e. The third-order valence-electron chi connectivity index (χ3n) is 2.58. The van der Waals surface area contributed by atoms with Gasteiger partial charge >= 0.3 is 0 Å². The fourth-order valence-corrected chi connectivity index (χ4v) is 2.83. The van der Waals surface area contributed by atoms with E-state index in [4.69, 9.17) is 5.26 Å². The van der Waals surface area contributed by atoms with E-state index in [2.05, 4.69) is 6.92 Å². The summed E-state index contributed by atoms with van der Waals surface area (Å²) in [5.74, 6) is 0.280. The Morgan fingerprint density at radius 2 is 1.50 bits per heavy atom. The summed E-state index contributed by atoms with van der Waals surface area (Å²) in [4.78, 5) is 0. The van der Waals surface area contributed by atoms with Crippen molar-refractivity contribution >= 4 is 9.84 Å². The van der Waals surface area contributed by atoms with Gasteiger partial charge in [0.1, 0.15) is 0 Å². The monoisotopic (exact) mass is 245 g/mol. The van der Waals surface area contributed by atoms with Crippen LogP contribution >= 0.6 is 0 Å². The van der Waals surface area contributed by atoms with Crippen LogP contribution < -0.4 is 0 Å². The Labute approximate surface area is 99.8 Å². The molecule has 0 saturated carbocycles. The van der Waals surface area contributed by atoms with Gasteiger partial charge in [-0.05, 0) is 6.42 Å². The summed E-state index contributed by atoms with van der Waals surface area (Å²) in [5, 5.41) is 8.31. The van der Waals surface area contributed by atoms with Crippen LogP contribution in [0.25, 0.3) is 0 Å². The molecule has 0 atom stereocenters. The van der Waals surface area contributed by atoms with Crippen LogP contribution in [0.4, 0.5) is 0 Å². The highest BCUT2D eigenvalue weighted by molar-refractivity contribution is 7.91. The van der Waals surface area contributed by atoms with Crippen LogP contribution in [0.2, 0.25) is 0 Å².